The van der Waals surface area contributed by atoms with Crippen LogP contribution in [0, 0.1) is 6.92 Å². The van der Waals surface area contributed by atoms with Gasteiger partial charge in [-0.2, -0.15) is 0 Å². The number of hydrogen-bond donors (Lipinski definition) is 1. The van der Waals surface area contributed by atoms with Crippen molar-refractivity contribution in [3.63, 3.8) is 0 Å². The molecular weight excluding hydrogens is 410 g/mol. The van der Waals surface area contributed by atoms with Gasteiger partial charge in [0.2, 0.25) is 0 Å². The highest BCUT2D eigenvalue weighted by molar-refractivity contribution is 9.10. The minimum absolute atomic E-state index is 0.797. The summed E-state index contributed by atoms with van der Waals surface area (Å²) in [5.74, 6) is 1.60. The first-order valence-corrected chi connectivity index (χ1v) is 9.68. The molecule has 4 nitrogen and oxygen atoms in total. The highest BCUT2D eigenvalue weighted by atomic mass is 79.9. The standard InChI is InChI=1S/C20H16BrN3OS/c1-12-17(13-6-8-14(21)9-7-13)18-19(22-11-23-20(18)26-12)24-15-4-3-5-16(10-15)25-2/h3-11H,1-2H3,(H,22,23,24). The van der Waals surface area contributed by atoms with E-state index in [4.69, 9.17) is 4.74 Å². The van der Waals surface area contributed by atoms with E-state index in [1.165, 1.54) is 10.4 Å². The van der Waals surface area contributed by atoms with Gasteiger partial charge in [-0.15, -0.1) is 11.3 Å². The first-order valence-electron chi connectivity index (χ1n) is 8.07. The molecule has 0 aliphatic heterocycles. The Kier molecular flexibility index (Phi) is 4.61. The number of methoxy groups -OCH3 is 1. The average Bonchev–Trinajstić information content (AvgIpc) is 2.99. The van der Waals surface area contributed by atoms with Crippen molar-refractivity contribution in [2.75, 3.05) is 12.4 Å². The van der Waals surface area contributed by atoms with E-state index in [-0.39, 0.29) is 0 Å². The highest BCUT2D eigenvalue weighted by Crippen LogP contribution is 2.41. The van der Waals surface area contributed by atoms with Gasteiger partial charge in [0, 0.05) is 26.7 Å². The number of benzene rings is 2. The van der Waals surface area contributed by atoms with Crippen LogP contribution in [-0.2, 0) is 0 Å². The average molecular weight is 426 g/mol. The molecule has 0 amide bonds. The molecule has 0 radical (unpaired) electrons. The van der Waals surface area contributed by atoms with Gasteiger partial charge in [0.15, 0.2) is 0 Å². The number of rotatable bonds is 4. The van der Waals surface area contributed by atoms with Crippen LogP contribution < -0.4 is 10.1 Å². The minimum Gasteiger partial charge on any atom is -0.497 e. The maximum absolute atomic E-state index is 5.31. The van der Waals surface area contributed by atoms with E-state index in [2.05, 4.69) is 62.4 Å². The van der Waals surface area contributed by atoms with Crippen LogP contribution in [0.1, 0.15) is 4.88 Å². The molecule has 4 aromatic rings. The van der Waals surface area contributed by atoms with E-state index in [9.17, 15) is 0 Å². The van der Waals surface area contributed by atoms with Crippen LogP contribution in [0.5, 0.6) is 5.75 Å². The lowest BCUT2D eigenvalue weighted by molar-refractivity contribution is 0.415. The zero-order chi connectivity index (χ0) is 18.1. The van der Waals surface area contributed by atoms with Gasteiger partial charge in [0.1, 0.15) is 22.7 Å². The van der Waals surface area contributed by atoms with Crippen molar-refractivity contribution in [1.82, 2.24) is 9.97 Å². The normalized spacial score (nSPS) is 10.9. The summed E-state index contributed by atoms with van der Waals surface area (Å²) in [7, 11) is 1.66. The van der Waals surface area contributed by atoms with Gasteiger partial charge in [-0.3, -0.25) is 0 Å². The molecule has 6 heteroatoms. The van der Waals surface area contributed by atoms with Crippen molar-refractivity contribution in [2.45, 2.75) is 6.92 Å². The van der Waals surface area contributed by atoms with Crippen LogP contribution in [0.2, 0.25) is 0 Å². The molecule has 0 unspecified atom stereocenters. The molecule has 0 spiro atoms. The van der Waals surface area contributed by atoms with Gasteiger partial charge < -0.3 is 10.1 Å². The molecule has 1 N–H and O–H groups in total. The Morgan fingerprint density at radius 1 is 1.08 bits per heavy atom. The van der Waals surface area contributed by atoms with E-state index in [1.807, 2.05) is 24.3 Å². The Labute approximate surface area is 164 Å². The number of hydrogen-bond acceptors (Lipinski definition) is 5. The van der Waals surface area contributed by atoms with Gasteiger partial charge in [-0.1, -0.05) is 34.1 Å². The van der Waals surface area contributed by atoms with Crippen molar-refractivity contribution in [3.8, 4) is 16.9 Å². The summed E-state index contributed by atoms with van der Waals surface area (Å²) in [5, 5.41) is 4.46. The first kappa shape index (κ1) is 17.0. The minimum atomic E-state index is 0.797. The largest absolute Gasteiger partial charge is 0.497 e. The molecule has 2 aromatic carbocycles. The van der Waals surface area contributed by atoms with Crippen molar-refractivity contribution in [1.29, 1.82) is 0 Å². The molecular formula is C20H16BrN3OS. The third kappa shape index (κ3) is 3.18. The van der Waals surface area contributed by atoms with Gasteiger partial charge in [0.25, 0.3) is 0 Å². The molecule has 130 valence electrons. The summed E-state index contributed by atoms with van der Waals surface area (Å²) in [6, 6.07) is 16.1. The molecule has 2 heterocycles. The number of aryl methyl sites for hydroxylation is 1. The van der Waals surface area contributed by atoms with Crippen molar-refractivity contribution in [2.24, 2.45) is 0 Å². The number of aromatic nitrogens is 2. The monoisotopic (exact) mass is 425 g/mol. The molecule has 0 fully saturated rings. The summed E-state index contributed by atoms with van der Waals surface area (Å²) in [6.45, 7) is 2.12. The van der Waals surface area contributed by atoms with Crippen LogP contribution >= 0.6 is 27.3 Å². The van der Waals surface area contributed by atoms with Crippen molar-refractivity contribution < 1.29 is 4.74 Å². The Morgan fingerprint density at radius 3 is 2.65 bits per heavy atom. The molecule has 0 aliphatic carbocycles. The predicted molar refractivity (Wildman–Crippen MR) is 112 cm³/mol. The lowest BCUT2D eigenvalue weighted by Gasteiger charge is -2.10. The fourth-order valence-electron chi connectivity index (χ4n) is 2.94. The van der Waals surface area contributed by atoms with Gasteiger partial charge >= 0.3 is 0 Å². The molecule has 0 aliphatic rings. The molecule has 0 bridgehead atoms. The Hall–Kier alpha value is -2.44. The maximum atomic E-state index is 5.31. The van der Waals surface area contributed by atoms with Crippen molar-refractivity contribution in [3.05, 3.63) is 64.2 Å². The smallest absolute Gasteiger partial charge is 0.143 e. The third-order valence-electron chi connectivity index (χ3n) is 4.13. The molecule has 4 rings (SSSR count). The van der Waals surface area contributed by atoms with Crippen LogP contribution in [0.4, 0.5) is 11.5 Å². The summed E-state index contributed by atoms with van der Waals surface area (Å²) >= 11 is 5.19. The number of nitrogens with zero attached hydrogens (tertiary/aromatic N) is 2. The zero-order valence-electron chi connectivity index (χ0n) is 14.3. The fourth-order valence-corrected chi connectivity index (χ4v) is 4.22. The summed E-state index contributed by atoms with van der Waals surface area (Å²) < 4.78 is 6.37. The van der Waals surface area contributed by atoms with E-state index in [0.717, 1.165) is 37.5 Å². The SMILES string of the molecule is COc1cccc(Nc2ncnc3sc(C)c(-c4ccc(Br)cc4)c23)c1. The molecule has 0 atom stereocenters. The number of halogens is 1. The second-order valence-electron chi connectivity index (χ2n) is 5.80. The molecule has 0 saturated carbocycles. The third-order valence-corrected chi connectivity index (χ3v) is 5.67. The predicted octanol–water partition coefficient (Wildman–Crippen LogP) is 6.18. The topological polar surface area (TPSA) is 47.0 Å². The highest BCUT2D eigenvalue weighted by Gasteiger charge is 2.17. The number of thiophene rings is 1. The number of nitrogens with one attached hydrogen (secondary N) is 1. The summed E-state index contributed by atoms with van der Waals surface area (Å²) in [4.78, 5) is 11.2. The Balaban J connectivity index is 1.86. The molecule has 2 aromatic heterocycles. The first-order chi connectivity index (χ1) is 12.7. The summed E-state index contributed by atoms with van der Waals surface area (Å²) in [5.41, 5.74) is 3.25. The van der Waals surface area contributed by atoms with Gasteiger partial charge in [0.05, 0.1) is 12.5 Å². The Morgan fingerprint density at radius 2 is 1.88 bits per heavy atom. The number of fused-ring (bicyclic) bond motifs is 1. The summed E-state index contributed by atoms with van der Waals surface area (Å²) in [6.07, 6.45) is 1.60. The quantitative estimate of drug-likeness (QED) is 0.423. The van der Waals surface area contributed by atoms with E-state index >= 15 is 0 Å². The van der Waals surface area contributed by atoms with Crippen molar-refractivity contribution >= 4 is 49.0 Å². The Bertz CT molecular complexity index is 1080. The second-order valence-corrected chi connectivity index (χ2v) is 7.92. The zero-order valence-corrected chi connectivity index (χ0v) is 16.7. The van der Waals surface area contributed by atoms with Gasteiger partial charge in [-0.05, 0) is 36.8 Å². The van der Waals surface area contributed by atoms with E-state index in [1.54, 1.807) is 24.8 Å². The number of ether oxygens (including phenoxy) is 1. The maximum Gasteiger partial charge on any atom is 0.143 e. The van der Waals surface area contributed by atoms with E-state index in [0.29, 0.717) is 0 Å². The molecule has 26 heavy (non-hydrogen) atoms. The lowest BCUT2D eigenvalue weighted by atomic mass is 10.0. The van der Waals surface area contributed by atoms with Gasteiger partial charge in [-0.25, -0.2) is 9.97 Å². The second kappa shape index (κ2) is 7.05. The van der Waals surface area contributed by atoms with Crippen LogP contribution in [0.15, 0.2) is 59.3 Å². The van der Waals surface area contributed by atoms with Crippen LogP contribution in [0.3, 0.4) is 0 Å². The van der Waals surface area contributed by atoms with Crippen LogP contribution in [-0.4, -0.2) is 17.1 Å². The molecule has 0 saturated heterocycles. The van der Waals surface area contributed by atoms with Crippen LogP contribution in [0.25, 0.3) is 21.3 Å². The lowest BCUT2D eigenvalue weighted by Crippen LogP contribution is -1.96. The number of anilines is 2. The fraction of sp³-hybridized carbons (Fsp3) is 0.100. The van der Waals surface area contributed by atoms with E-state index < -0.39 is 0 Å².